The number of benzene rings is 2. The third kappa shape index (κ3) is 7.92. The second-order valence-corrected chi connectivity index (χ2v) is 11.7. The Balaban J connectivity index is 1.44. The van der Waals surface area contributed by atoms with Crippen LogP contribution in [-0.4, -0.2) is 45.3 Å². The Morgan fingerprint density at radius 1 is 1.17 bits per heavy atom. The number of nitrogens with two attached hydrogens (primary N) is 1. The second-order valence-electron chi connectivity index (χ2n) is 11.2. The van der Waals surface area contributed by atoms with Crippen molar-refractivity contribution in [3.8, 4) is 11.3 Å². The van der Waals surface area contributed by atoms with Crippen molar-refractivity contribution in [2.24, 2.45) is 0 Å². The highest BCUT2D eigenvalue weighted by Gasteiger charge is 2.28. The Morgan fingerprint density at radius 2 is 1.90 bits per heavy atom. The summed E-state index contributed by atoms with van der Waals surface area (Å²) in [7, 11) is 0. The van der Waals surface area contributed by atoms with E-state index >= 15 is 4.39 Å². The van der Waals surface area contributed by atoms with Crippen LogP contribution in [0.25, 0.3) is 11.3 Å². The molecule has 4 rings (SSSR count). The van der Waals surface area contributed by atoms with Crippen LogP contribution in [0, 0.1) is 5.82 Å². The Morgan fingerprint density at radius 3 is 2.54 bits per heavy atom. The third-order valence-electron chi connectivity index (χ3n) is 6.89. The number of carbonyl (C=O) groups excluding carboxylic acids is 2. The fourth-order valence-electron chi connectivity index (χ4n) is 4.82. The summed E-state index contributed by atoms with van der Waals surface area (Å²) in [5.74, 6) is -1.22. The smallest absolute Gasteiger partial charge is 0.407 e. The molecule has 218 valence electrons. The van der Waals surface area contributed by atoms with Gasteiger partial charge in [0.15, 0.2) is 0 Å². The van der Waals surface area contributed by atoms with E-state index in [4.69, 9.17) is 27.1 Å². The molecule has 0 radical (unpaired) electrons. The van der Waals surface area contributed by atoms with E-state index in [9.17, 15) is 14.7 Å². The molecule has 9 nitrogen and oxygen atoms in total. The van der Waals surface area contributed by atoms with Crippen molar-refractivity contribution >= 4 is 29.4 Å². The van der Waals surface area contributed by atoms with Gasteiger partial charge in [0.2, 0.25) is 0 Å². The summed E-state index contributed by atoms with van der Waals surface area (Å²) in [6, 6.07) is 10.1. The number of nitrogen functional groups attached to an aromatic ring is 1. The average molecular weight is 584 g/mol. The maximum absolute atomic E-state index is 15.2. The molecule has 1 heterocycles. The molecule has 0 spiro atoms. The van der Waals surface area contributed by atoms with Gasteiger partial charge in [-0.15, -0.1) is 0 Å². The van der Waals surface area contributed by atoms with Gasteiger partial charge in [0.25, 0.3) is 5.91 Å². The number of hydrogen-bond acceptors (Lipinski definition) is 7. The van der Waals surface area contributed by atoms with E-state index < -0.39 is 23.9 Å². The Kier molecular flexibility index (Phi) is 9.45. The normalized spacial score (nSPS) is 17.9. The zero-order chi connectivity index (χ0) is 29.7. The van der Waals surface area contributed by atoms with Crippen LogP contribution in [-0.2, 0) is 4.74 Å². The average Bonchev–Trinajstić information content (AvgIpc) is 2.91. The van der Waals surface area contributed by atoms with Gasteiger partial charge in [-0.3, -0.25) is 4.79 Å². The van der Waals surface area contributed by atoms with Crippen LogP contribution in [0.1, 0.15) is 80.0 Å². The molecule has 1 atom stereocenters. The van der Waals surface area contributed by atoms with E-state index in [2.05, 4.69) is 15.6 Å². The quantitative estimate of drug-likeness (QED) is 0.286. The lowest BCUT2D eigenvalue weighted by Gasteiger charge is -2.29. The molecule has 11 heteroatoms. The molecule has 0 unspecified atom stereocenters. The highest BCUT2D eigenvalue weighted by molar-refractivity contribution is 6.30. The van der Waals surface area contributed by atoms with Crippen LogP contribution in [0.15, 0.2) is 48.7 Å². The number of nitrogens with zero attached hydrogens (tertiary/aromatic N) is 2. The van der Waals surface area contributed by atoms with Gasteiger partial charge in [-0.05, 0) is 76.3 Å². The number of halogens is 2. The van der Waals surface area contributed by atoms with Gasteiger partial charge in [-0.2, -0.15) is 0 Å². The summed E-state index contributed by atoms with van der Waals surface area (Å²) >= 11 is 6.02. The van der Waals surface area contributed by atoms with Crippen molar-refractivity contribution in [2.75, 3.05) is 12.3 Å². The standard InChI is InChI=1S/C30H35ClFN5O4/c1-30(2,3)37-29(40)41-21-10-7-17(8-11-21)24-15-34-27(33)26(35-24)19-9-12-22(23(32)14-19)28(39)36-25(16-38)18-5-4-6-20(31)13-18/h4-6,9,12-15,17,21,25,38H,7-8,10-11,16H2,1-3H3,(H2,33,34)(H,36,39)(H,37,40)/t17?,21?,25-/m1/s1. The minimum absolute atomic E-state index is 0.0872. The topological polar surface area (TPSA) is 139 Å². The van der Waals surface area contributed by atoms with Gasteiger partial charge in [0.05, 0.1) is 30.1 Å². The Bertz CT molecular complexity index is 1410. The fourth-order valence-corrected chi connectivity index (χ4v) is 5.02. The molecule has 1 aromatic heterocycles. The molecule has 5 N–H and O–H groups in total. The lowest BCUT2D eigenvalue weighted by molar-refractivity contribution is 0.0663. The summed E-state index contributed by atoms with van der Waals surface area (Å²) < 4.78 is 20.7. The second kappa shape index (κ2) is 12.8. The first-order valence-electron chi connectivity index (χ1n) is 13.5. The Hall–Kier alpha value is -3.76. The highest BCUT2D eigenvalue weighted by Crippen LogP contribution is 2.35. The number of rotatable bonds is 7. The fraction of sp³-hybridized carbons (Fsp3) is 0.400. The number of ether oxygens (including phenoxy) is 1. The molecule has 0 aliphatic heterocycles. The van der Waals surface area contributed by atoms with Crippen LogP contribution < -0.4 is 16.4 Å². The first-order valence-corrected chi connectivity index (χ1v) is 13.9. The largest absolute Gasteiger partial charge is 0.446 e. The monoisotopic (exact) mass is 583 g/mol. The molecular weight excluding hydrogens is 549 g/mol. The number of hydrogen-bond donors (Lipinski definition) is 4. The lowest BCUT2D eigenvalue weighted by Crippen LogP contribution is -2.42. The molecule has 0 saturated heterocycles. The lowest BCUT2D eigenvalue weighted by atomic mass is 9.85. The van der Waals surface area contributed by atoms with E-state index in [1.807, 2.05) is 20.8 Å². The molecule has 3 aromatic rings. The van der Waals surface area contributed by atoms with E-state index in [0.717, 1.165) is 18.5 Å². The van der Waals surface area contributed by atoms with Gasteiger partial charge in [-0.1, -0.05) is 29.8 Å². The molecule has 2 amide bonds. The van der Waals surface area contributed by atoms with Crippen LogP contribution in [0.2, 0.25) is 5.02 Å². The predicted molar refractivity (Wildman–Crippen MR) is 155 cm³/mol. The van der Waals surface area contributed by atoms with Gasteiger partial charge in [0, 0.05) is 22.0 Å². The van der Waals surface area contributed by atoms with E-state index in [-0.39, 0.29) is 35.5 Å². The summed E-state index contributed by atoms with van der Waals surface area (Å²) in [4.78, 5) is 34.0. The molecule has 1 aliphatic rings. The molecular formula is C30H35ClFN5O4. The number of nitrogens with one attached hydrogen (secondary N) is 2. The zero-order valence-electron chi connectivity index (χ0n) is 23.3. The summed E-state index contributed by atoms with van der Waals surface area (Å²) in [6.07, 6.45) is 3.89. The van der Waals surface area contributed by atoms with E-state index in [0.29, 0.717) is 34.7 Å². The summed E-state index contributed by atoms with van der Waals surface area (Å²) in [5, 5.41) is 15.7. The predicted octanol–water partition coefficient (Wildman–Crippen LogP) is 5.53. The first-order chi connectivity index (χ1) is 19.4. The van der Waals surface area contributed by atoms with Gasteiger partial charge >= 0.3 is 6.09 Å². The summed E-state index contributed by atoms with van der Waals surface area (Å²) in [5.41, 5.74) is 7.58. The van der Waals surface area contributed by atoms with Crippen LogP contribution in [0.5, 0.6) is 0 Å². The number of amides is 2. The number of aromatic nitrogens is 2. The van der Waals surface area contributed by atoms with Crippen LogP contribution >= 0.6 is 11.6 Å². The molecule has 1 saturated carbocycles. The number of alkyl carbamates (subject to hydrolysis) is 1. The van der Waals surface area contributed by atoms with Gasteiger partial charge in [-0.25, -0.2) is 19.2 Å². The number of aliphatic hydroxyl groups excluding tert-OH is 1. The first kappa shape index (κ1) is 30.2. The van der Waals surface area contributed by atoms with Crippen LogP contribution in [0.3, 0.4) is 0 Å². The van der Waals surface area contributed by atoms with E-state index in [1.165, 1.54) is 12.1 Å². The van der Waals surface area contributed by atoms with Crippen molar-refractivity contribution in [3.05, 3.63) is 76.3 Å². The van der Waals surface area contributed by atoms with Gasteiger partial charge < -0.3 is 26.2 Å². The van der Waals surface area contributed by atoms with Crippen molar-refractivity contribution in [1.82, 2.24) is 20.6 Å². The van der Waals surface area contributed by atoms with E-state index in [1.54, 1.807) is 36.5 Å². The van der Waals surface area contributed by atoms with Crippen molar-refractivity contribution in [1.29, 1.82) is 0 Å². The van der Waals surface area contributed by atoms with Crippen molar-refractivity contribution in [3.63, 3.8) is 0 Å². The number of anilines is 1. The number of aliphatic hydroxyl groups is 1. The van der Waals surface area contributed by atoms with Gasteiger partial charge in [0.1, 0.15) is 23.4 Å². The molecule has 1 fully saturated rings. The highest BCUT2D eigenvalue weighted by atomic mass is 35.5. The maximum Gasteiger partial charge on any atom is 0.407 e. The minimum Gasteiger partial charge on any atom is -0.446 e. The summed E-state index contributed by atoms with van der Waals surface area (Å²) in [6.45, 7) is 5.30. The SMILES string of the molecule is CC(C)(C)NC(=O)OC1CCC(c2cnc(N)c(-c3ccc(C(=O)N[C@H](CO)c4cccc(Cl)c4)c(F)c3)n2)CC1. The minimum atomic E-state index is -0.763. The third-order valence-corrected chi connectivity index (χ3v) is 7.12. The zero-order valence-corrected chi connectivity index (χ0v) is 24.0. The maximum atomic E-state index is 15.2. The molecule has 1 aliphatic carbocycles. The Labute approximate surface area is 243 Å². The molecule has 2 aromatic carbocycles. The van der Waals surface area contributed by atoms with Crippen molar-refractivity contribution in [2.45, 2.75) is 70.1 Å². The number of carbonyl (C=O) groups is 2. The van der Waals surface area contributed by atoms with Crippen molar-refractivity contribution < 1.29 is 23.8 Å². The molecule has 0 bridgehead atoms. The molecule has 41 heavy (non-hydrogen) atoms. The van der Waals surface area contributed by atoms with Crippen LogP contribution in [0.4, 0.5) is 15.0 Å².